The summed E-state index contributed by atoms with van der Waals surface area (Å²) >= 11 is 0. The van der Waals surface area contributed by atoms with Gasteiger partial charge in [0.25, 0.3) is 5.56 Å². The van der Waals surface area contributed by atoms with Crippen LogP contribution in [0.4, 0.5) is 30.6 Å². The number of nitrogens with one attached hydrogen (secondary N) is 3. The summed E-state index contributed by atoms with van der Waals surface area (Å²) in [4.78, 5) is 24.0. The number of rotatable bonds is 5. The molecule has 31 heavy (non-hydrogen) atoms. The second-order valence-electron chi connectivity index (χ2n) is 7.99. The van der Waals surface area contributed by atoms with Crippen molar-refractivity contribution >= 4 is 28.4 Å². The van der Waals surface area contributed by atoms with Crippen LogP contribution in [0.25, 0.3) is 10.9 Å². The van der Waals surface area contributed by atoms with E-state index in [1.807, 2.05) is 0 Å². The zero-order chi connectivity index (χ0) is 22.0. The first-order chi connectivity index (χ1) is 14.8. The summed E-state index contributed by atoms with van der Waals surface area (Å²) in [5.41, 5.74) is -0.278. The van der Waals surface area contributed by atoms with E-state index in [9.17, 15) is 18.0 Å². The van der Waals surface area contributed by atoms with E-state index in [0.29, 0.717) is 23.1 Å². The molecule has 0 bridgehead atoms. The van der Waals surface area contributed by atoms with E-state index in [-0.39, 0.29) is 22.8 Å². The van der Waals surface area contributed by atoms with E-state index < -0.39 is 11.7 Å². The van der Waals surface area contributed by atoms with Crippen LogP contribution < -0.4 is 16.2 Å². The van der Waals surface area contributed by atoms with Gasteiger partial charge < -0.3 is 15.6 Å². The number of aromatic amines is 1. The Morgan fingerprint density at radius 3 is 2.45 bits per heavy atom. The maximum Gasteiger partial charge on any atom is 0.416 e. The number of nitrogens with zero attached hydrogens (tertiary/aromatic N) is 2. The van der Waals surface area contributed by atoms with Gasteiger partial charge >= 0.3 is 6.18 Å². The van der Waals surface area contributed by atoms with E-state index in [2.05, 4.69) is 32.5 Å². The molecule has 1 aliphatic rings. The van der Waals surface area contributed by atoms with Crippen molar-refractivity contribution in [1.29, 1.82) is 0 Å². The van der Waals surface area contributed by atoms with E-state index in [1.54, 1.807) is 6.07 Å². The molecule has 1 aliphatic carbocycles. The van der Waals surface area contributed by atoms with Gasteiger partial charge in [0, 0.05) is 17.9 Å². The minimum Gasteiger partial charge on any atom is -0.351 e. The Labute approximate surface area is 177 Å². The van der Waals surface area contributed by atoms with E-state index >= 15 is 0 Å². The molecule has 2 heterocycles. The second kappa shape index (κ2) is 8.56. The predicted molar refractivity (Wildman–Crippen MR) is 115 cm³/mol. The fourth-order valence-corrected chi connectivity index (χ4v) is 4.08. The lowest BCUT2D eigenvalue weighted by atomic mass is 9.85. The van der Waals surface area contributed by atoms with Crippen LogP contribution in [0.2, 0.25) is 0 Å². The van der Waals surface area contributed by atoms with Gasteiger partial charge in [-0.25, -0.2) is 4.98 Å². The van der Waals surface area contributed by atoms with Gasteiger partial charge in [-0.1, -0.05) is 19.3 Å². The molecule has 0 radical (unpaired) electrons. The Kier molecular flexibility index (Phi) is 5.84. The number of H-pyrrole nitrogens is 1. The van der Waals surface area contributed by atoms with Crippen molar-refractivity contribution in [3.63, 3.8) is 0 Å². The molecule has 0 spiro atoms. The molecule has 2 aromatic heterocycles. The molecule has 3 aromatic rings. The molecular formula is C22H24F3N5O. The highest BCUT2D eigenvalue weighted by Gasteiger charge is 2.30. The van der Waals surface area contributed by atoms with Gasteiger partial charge in [0.15, 0.2) is 0 Å². The van der Waals surface area contributed by atoms with E-state index in [1.165, 1.54) is 37.6 Å². The van der Waals surface area contributed by atoms with Crippen LogP contribution in [0.1, 0.15) is 44.6 Å². The van der Waals surface area contributed by atoms with Crippen LogP contribution >= 0.6 is 0 Å². The van der Waals surface area contributed by atoms with Gasteiger partial charge in [-0.3, -0.25) is 4.79 Å². The first-order valence-corrected chi connectivity index (χ1v) is 10.4. The number of halogens is 3. The SMILES string of the molecule is CC(Nc1nc(Nc2ccc(C(F)(F)F)cc2)c2c(=O)[nH]ccc2n1)C1CCCCC1. The Balaban J connectivity index is 1.65. The van der Waals surface area contributed by atoms with Crippen molar-refractivity contribution in [3.8, 4) is 0 Å². The van der Waals surface area contributed by atoms with E-state index in [0.717, 1.165) is 25.0 Å². The predicted octanol–water partition coefficient (Wildman–Crippen LogP) is 5.46. The van der Waals surface area contributed by atoms with Gasteiger partial charge in [-0.15, -0.1) is 0 Å². The maximum absolute atomic E-state index is 12.8. The Morgan fingerprint density at radius 2 is 1.77 bits per heavy atom. The molecule has 0 amide bonds. The molecule has 0 saturated heterocycles. The van der Waals surface area contributed by atoms with Crippen molar-refractivity contribution in [2.45, 2.75) is 51.2 Å². The smallest absolute Gasteiger partial charge is 0.351 e. The number of hydrogen-bond acceptors (Lipinski definition) is 5. The molecule has 1 unspecified atom stereocenters. The summed E-state index contributed by atoms with van der Waals surface area (Å²) in [6, 6.07) is 6.43. The highest BCUT2D eigenvalue weighted by Crippen LogP contribution is 2.31. The quantitative estimate of drug-likeness (QED) is 0.500. The molecule has 4 rings (SSSR count). The number of alkyl halides is 3. The van der Waals surface area contributed by atoms with Crippen LogP contribution in [0, 0.1) is 5.92 Å². The highest BCUT2D eigenvalue weighted by atomic mass is 19.4. The Hall–Kier alpha value is -3.10. The monoisotopic (exact) mass is 431 g/mol. The number of hydrogen-bond donors (Lipinski definition) is 3. The zero-order valence-corrected chi connectivity index (χ0v) is 17.1. The maximum atomic E-state index is 12.8. The Morgan fingerprint density at radius 1 is 1.06 bits per heavy atom. The van der Waals surface area contributed by atoms with Crippen molar-refractivity contribution in [2.24, 2.45) is 5.92 Å². The van der Waals surface area contributed by atoms with Crippen molar-refractivity contribution in [1.82, 2.24) is 15.0 Å². The topological polar surface area (TPSA) is 82.7 Å². The van der Waals surface area contributed by atoms with Gasteiger partial charge in [-0.05, 0) is 56.0 Å². The highest BCUT2D eigenvalue weighted by molar-refractivity contribution is 5.90. The summed E-state index contributed by atoms with van der Waals surface area (Å²) < 4.78 is 38.5. The van der Waals surface area contributed by atoms with Crippen LogP contribution in [-0.2, 0) is 6.18 Å². The lowest BCUT2D eigenvalue weighted by Crippen LogP contribution is -2.28. The molecule has 9 heteroatoms. The van der Waals surface area contributed by atoms with Crippen LogP contribution in [-0.4, -0.2) is 21.0 Å². The van der Waals surface area contributed by atoms with E-state index in [4.69, 9.17) is 0 Å². The summed E-state index contributed by atoms with van der Waals surface area (Å²) in [6.07, 6.45) is 3.09. The number of benzene rings is 1. The molecule has 6 nitrogen and oxygen atoms in total. The average molecular weight is 431 g/mol. The van der Waals surface area contributed by atoms with Gasteiger partial charge in [0.2, 0.25) is 5.95 Å². The molecule has 0 aliphatic heterocycles. The molecular weight excluding hydrogens is 407 g/mol. The number of pyridine rings is 1. The third-order valence-corrected chi connectivity index (χ3v) is 5.81. The fourth-order valence-electron chi connectivity index (χ4n) is 4.08. The number of fused-ring (bicyclic) bond motifs is 1. The number of anilines is 3. The molecule has 1 saturated carbocycles. The minimum atomic E-state index is -4.41. The summed E-state index contributed by atoms with van der Waals surface area (Å²) in [5.74, 6) is 1.15. The number of aromatic nitrogens is 3. The molecule has 3 N–H and O–H groups in total. The van der Waals surface area contributed by atoms with Gasteiger partial charge in [0.05, 0.1) is 11.1 Å². The molecule has 1 aromatic carbocycles. The van der Waals surface area contributed by atoms with Gasteiger partial charge in [-0.2, -0.15) is 18.2 Å². The molecule has 1 fully saturated rings. The lowest BCUT2D eigenvalue weighted by Gasteiger charge is -2.28. The fraction of sp³-hybridized carbons (Fsp3) is 0.409. The first kappa shape index (κ1) is 21.1. The third kappa shape index (κ3) is 4.81. The molecule has 164 valence electrons. The van der Waals surface area contributed by atoms with Crippen LogP contribution in [0.3, 0.4) is 0 Å². The lowest BCUT2D eigenvalue weighted by molar-refractivity contribution is -0.137. The third-order valence-electron chi connectivity index (χ3n) is 5.81. The largest absolute Gasteiger partial charge is 0.416 e. The van der Waals surface area contributed by atoms with Crippen LogP contribution in [0.5, 0.6) is 0 Å². The van der Waals surface area contributed by atoms with Crippen LogP contribution in [0.15, 0.2) is 41.3 Å². The zero-order valence-electron chi connectivity index (χ0n) is 17.1. The second-order valence-corrected chi connectivity index (χ2v) is 7.99. The van der Waals surface area contributed by atoms with Crippen molar-refractivity contribution in [2.75, 3.05) is 10.6 Å². The summed E-state index contributed by atoms with van der Waals surface area (Å²) in [5, 5.41) is 6.58. The minimum absolute atomic E-state index is 0.165. The average Bonchev–Trinajstić information content (AvgIpc) is 2.74. The Bertz CT molecular complexity index is 1100. The van der Waals surface area contributed by atoms with Crippen molar-refractivity contribution in [3.05, 3.63) is 52.4 Å². The molecule has 1 atom stereocenters. The standard InChI is InChI=1S/C22H24F3N5O/c1-13(14-5-3-2-4-6-14)27-21-29-17-11-12-26-20(31)18(17)19(30-21)28-16-9-7-15(8-10-16)22(23,24)25/h7-14H,2-6H2,1H3,(H,26,31)(H2,27,28,29,30). The van der Waals surface area contributed by atoms with Gasteiger partial charge in [0.1, 0.15) is 11.2 Å². The first-order valence-electron chi connectivity index (χ1n) is 10.4. The normalized spacial score (nSPS) is 16.3. The summed E-state index contributed by atoms with van der Waals surface area (Å²) in [7, 11) is 0. The van der Waals surface area contributed by atoms with Crippen molar-refractivity contribution < 1.29 is 13.2 Å². The summed E-state index contributed by atoms with van der Waals surface area (Å²) in [6.45, 7) is 2.10.